The van der Waals surface area contributed by atoms with Crippen LogP contribution in [0, 0.1) is 5.82 Å². The molecule has 31 heavy (non-hydrogen) atoms. The molecular formula is C23H22FN3O3S. The predicted octanol–water partition coefficient (Wildman–Crippen LogP) is 4.44. The fourth-order valence-corrected chi connectivity index (χ4v) is 4.48. The summed E-state index contributed by atoms with van der Waals surface area (Å²) in [5.74, 6) is 1.64. The maximum atomic E-state index is 13.2. The van der Waals surface area contributed by atoms with Crippen molar-refractivity contribution in [2.24, 2.45) is 0 Å². The van der Waals surface area contributed by atoms with E-state index < -0.39 is 0 Å². The van der Waals surface area contributed by atoms with Gasteiger partial charge in [0.2, 0.25) is 0 Å². The monoisotopic (exact) mass is 439 g/mol. The van der Waals surface area contributed by atoms with Crippen molar-refractivity contribution in [2.75, 3.05) is 21.3 Å². The van der Waals surface area contributed by atoms with Crippen LogP contribution in [0.1, 0.15) is 11.4 Å². The molecule has 2 aromatic carbocycles. The molecule has 0 bridgehead atoms. The number of thiophene rings is 1. The molecule has 0 aliphatic carbocycles. The second-order valence-corrected chi connectivity index (χ2v) is 8.07. The van der Waals surface area contributed by atoms with Crippen LogP contribution in [0.3, 0.4) is 0 Å². The number of methoxy groups -OCH3 is 2. The van der Waals surface area contributed by atoms with Crippen molar-refractivity contribution in [1.82, 2.24) is 14.9 Å². The number of halogens is 1. The number of hydrogen-bond donors (Lipinski definition) is 1. The van der Waals surface area contributed by atoms with Crippen LogP contribution in [0.2, 0.25) is 0 Å². The molecule has 0 unspecified atom stereocenters. The van der Waals surface area contributed by atoms with Gasteiger partial charge in [0.15, 0.2) is 11.5 Å². The first-order valence-electron chi connectivity index (χ1n) is 9.64. The van der Waals surface area contributed by atoms with Gasteiger partial charge in [-0.3, -0.25) is 9.69 Å². The van der Waals surface area contributed by atoms with Gasteiger partial charge in [0.05, 0.1) is 26.2 Å². The molecule has 160 valence electrons. The minimum Gasteiger partial charge on any atom is -0.493 e. The third-order valence-corrected chi connectivity index (χ3v) is 5.84. The van der Waals surface area contributed by atoms with Crippen LogP contribution in [-0.2, 0) is 13.1 Å². The molecule has 1 N–H and O–H groups in total. The van der Waals surface area contributed by atoms with Crippen molar-refractivity contribution < 1.29 is 13.9 Å². The molecule has 0 saturated carbocycles. The molecule has 0 atom stereocenters. The maximum Gasteiger partial charge on any atom is 0.260 e. The Balaban J connectivity index is 1.55. The molecule has 8 heteroatoms. The molecule has 6 nitrogen and oxygen atoms in total. The summed E-state index contributed by atoms with van der Waals surface area (Å²) in [7, 11) is 5.17. The molecule has 0 aliphatic heterocycles. The second-order valence-electron chi connectivity index (χ2n) is 7.21. The number of ether oxygens (including phenoxy) is 2. The summed E-state index contributed by atoms with van der Waals surface area (Å²) in [5, 5.41) is 2.42. The van der Waals surface area contributed by atoms with Crippen molar-refractivity contribution in [3.63, 3.8) is 0 Å². The van der Waals surface area contributed by atoms with Gasteiger partial charge in [-0.05, 0) is 42.4 Å². The number of nitrogens with zero attached hydrogens (tertiary/aromatic N) is 2. The van der Waals surface area contributed by atoms with E-state index in [0.717, 1.165) is 16.7 Å². The lowest BCUT2D eigenvalue weighted by atomic mass is 10.1. The number of hydrogen-bond acceptors (Lipinski definition) is 6. The van der Waals surface area contributed by atoms with E-state index >= 15 is 0 Å². The summed E-state index contributed by atoms with van der Waals surface area (Å²) < 4.78 is 23.9. The van der Waals surface area contributed by atoms with Gasteiger partial charge in [-0.25, -0.2) is 9.37 Å². The van der Waals surface area contributed by atoms with Crippen molar-refractivity contribution in [3.8, 4) is 22.6 Å². The predicted molar refractivity (Wildman–Crippen MR) is 120 cm³/mol. The van der Waals surface area contributed by atoms with Gasteiger partial charge in [-0.15, -0.1) is 11.3 Å². The number of rotatable bonds is 7. The zero-order chi connectivity index (χ0) is 22.0. The molecular weight excluding hydrogens is 417 g/mol. The number of benzene rings is 2. The summed E-state index contributed by atoms with van der Waals surface area (Å²) in [6, 6.07) is 11.9. The van der Waals surface area contributed by atoms with E-state index in [1.54, 1.807) is 26.4 Å². The fourth-order valence-electron chi connectivity index (χ4n) is 3.51. The van der Waals surface area contributed by atoms with Gasteiger partial charge in [0.1, 0.15) is 16.5 Å². The van der Waals surface area contributed by atoms with Gasteiger partial charge in [0, 0.05) is 17.5 Å². The highest BCUT2D eigenvalue weighted by Crippen LogP contribution is 2.31. The van der Waals surface area contributed by atoms with Crippen LogP contribution in [0.15, 0.2) is 52.6 Å². The van der Waals surface area contributed by atoms with Gasteiger partial charge < -0.3 is 14.5 Å². The number of aromatic amines is 1. The van der Waals surface area contributed by atoms with Crippen LogP contribution >= 0.6 is 11.3 Å². The zero-order valence-corrected chi connectivity index (χ0v) is 18.3. The molecule has 0 amide bonds. The normalized spacial score (nSPS) is 11.3. The molecule has 4 aromatic rings. The largest absolute Gasteiger partial charge is 0.493 e. The van der Waals surface area contributed by atoms with Crippen LogP contribution < -0.4 is 15.0 Å². The minimum absolute atomic E-state index is 0.194. The van der Waals surface area contributed by atoms with Crippen molar-refractivity contribution in [3.05, 3.63) is 75.4 Å². The Morgan fingerprint density at radius 2 is 1.81 bits per heavy atom. The summed E-state index contributed by atoms with van der Waals surface area (Å²) >= 11 is 1.41. The topological polar surface area (TPSA) is 67.5 Å². The van der Waals surface area contributed by atoms with Gasteiger partial charge in [0.25, 0.3) is 5.56 Å². The van der Waals surface area contributed by atoms with Gasteiger partial charge in [-0.1, -0.05) is 18.2 Å². The Bertz CT molecular complexity index is 1270. The van der Waals surface area contributed by atoms with Crippen molar-refractivity contribution >= 4 is 21.6 Å². The SMILES string of the molecule is COc1ccc(CN(C)Cc2nc3scc(-c4ccc(F)cc4)c3c(=O)[nH]2)cc1OC. The smallest absolute Gasteiger partial charge is 0.260 e. The van der Waals surface area contributed by atoms with Crippen molar-refractivity contribution in [1.29, 1.82) is 0 Å². The number of nitrogens with one attached hydrogen (secondary N) is 1. The lowest BCUT2D eigenvalue weighted by molar-refractivity contribution is 0.308. The highest BCUT2D eigenvalue weighted by Gasteiger charge is 2.14. The van der Waals surface area contributed by atoms with E-state index in [-0.39, 0.29) is 11.4 Å². The number of aromatic nitrogens is 2. The van der Waals surface area contributed by atoms with E-state index in [1.165, 1.54) is 23.5 Å². The van der Waals surface area contributed by atoms with Gasteiger partial charge in [-0.2, -0.15) is 0 Å². The Labute approximate surface area is 182 Å². The summed E-state index contributed by atoms with van der Waals surface area (Å²) in [5.41, 5.74) is 2.41. The van der Waals surface area contributed by atoms with Crippen LogP contribution in [0.25, 0.3) is 21.3 Å². The second kappa shape index (κ2) is 8.87. The van der Waals surface area contributed by atoms with E-state index in [1.807, 2.05) is 30.6 Å². The lowest BCUT2D eigenvalue weighted by Gasteiger charge is -2.17. The average Bonchev–Trinajstić information content (AvgIpc) is 3.18. The third kappa shape index (κ3) is 4.45. The number of fused-ring (bicyclic) bond motifs is 1. The first kappa shape index (κ1) is 21.0. The fraction of sp³-hybridized carbons (Fsp3) is 0.217. The summed E-state index contributed by atoms with van der Waals surface area (Å²) in [4.78, 5) is 23.1. The Morgan fingerprint density at radius 1 is 1.06 bits per heavy atom. The minimum atomic E-state index is -0.310. The molecule has 2 aromatic heterocycles. The highest BCUT2D eigenvalue weighted by molar-refractivity contribution is 7.17. The molecule has 0 radical (unpaired) electrons. The van der Waals surface area contributed by atoms with E-state index in [2.05, 4.69) is 14.9 Å². The lowest BCUT2D eigenvalue weighted by Crippen LogP contribution is -2.21. The van der Waals surface area contributed by atoms with Crippen molar-refractivity contribution in [2.45, 2.75) is 13.1 Å². The average molecular weight is 440 g/mol. The Kier molecular flexibility index (Phi) is 6.01. The van der Waals surface area contributed by atoms with Gasteiger partial charge >= 0.3 is 0 Å². The summed E-state index contributed by atoms with van der Waals surface area (Å²) in [6.07, 6.45) is 0. The third-order valence-electron chi connectivity index (χ3n) is 4.97. The molecule has 0 spiro atoms. The number of H-pyrrole nitrogens is 1. The first-order valence-corrected chi connectivity index (χ1v) is 10.5. The molecule has 0 aliphatic rings. The Hall–Kier alpha value is -3.23. The quantitative estimate of drug-likeness (QED) is 0.461. The van der Waals surface area contributed by atoms with Crippen LogP contribution in [-0.4, -0.2) is 36.1 Å². The van der Waals surface area contributed by atoms with E-state index in [0.29, 0.717) is 40.6 Å². The Morgan fingerprint density at radius 3 is 2.52 bits per heavy atom. The molecule has 2 heterocycles. The van der Waals surface area contributed by atoms with E-state index in [9.17, 15) is 9.18 Å². The first-order chi connectivity index (χ1) is 15.0. The zero-order valence-electron chi connectivity index (χ0n) is 17.4. The molecule has 0 saturated heterocycles. The van der Waals surface area contributed by atoms with Crippen LogP contribution in [0.5, 0.6) is 11.5 Å². The van der Waals surface area contributed by atoms with Crippen LogP contribution in [0.4, 0.5) is 4.39 Å². The molecule has 0 fully saturated rings. The standard InChI is InChI=1S/C23H22FN3O3S/c1-27(11-14-4-9-18(29-2)19(10-14)30-3)12-20-25-22(28)21-17(13-31-23(21)26-20)15-5-7-16(24)8-6-15/h4-10,13H,11-12H2,1-3H3,(H,25,26,28). The summed E-state index contributed by atoms with van der Waals surface area (Å²) in [6.45, 7) is 1.12. The van der Waals surface area contributed by atoms with E-state index in [4.69, 9.17) is 9.47 Å². The molecule has 4 rings (SSSR count). The highest BCUT2D eigenvalue weighted by atomic mass is 32.1. The maximum absolute atomic E-state index is 13.2.